The van der Waals surface area contributed by atoms with Crippen molar-refractivity contribution < 1.29 is 14.2 Å². The first-order valence-electron chi connectivity index (χ1n) is 8.56. The van der Waals surface area contributed by atoms with Gasteiger partial charge in [0.05, 0.1) is 26.0 Å². The van der Waals surface area contributed by atoms with E-state index < -0.39 is 0 Å². The SMILES string of the molecule is COc1cc(-c2nc(N)nc(N)c2C#N)ccc1OCCN1CCOCC1. The Balaban J connectivity index is 1.77. The summed E-state index contributed by atoms with van der Waals surface area (Å²) in [5, 5.41) is 9.35. The van der Waals surface area contributed by atoms with Crippen LogP contribution in [0.25, 0.3) is 11.3 Å². The molecule has 27 heavy (non-hydrogen) atoms. The Morgan fingerprint density at radius 1 is 1.22 bits per heavy atom. The Bertz CT molecular complexity index is 846. The van der Waals surface area contributed by atoms with E-state index in [1.54, 1.807) is 25.3 Å². The van der Waals surface area contributed by atoms with E-state index in [4.69, 9.17) is 25.7 Å². The van der Waals surface area contributed by atoms with Gasteiger partial charge in [-0.15, -0.1) is 0 Å². The fourth-order valence-electron chi connectivity index (χ4n) is 2.86. The van der Waals surface area contributed by atoms with Gasteiger partial charge in [-0.3, -0.25) is 4.90 Å². The largest absolute Gasteiger partial charge is 0.493 e. The van der Waals surface area contributed by atoms with Crippen molar-refractivity contribution in [3.05, 3.63) is 23.8 Å². The smallest absolute Gasteiger partial charge is 0.222 e. The summed E-state index contributed by atoms with van der Waals surface area (Å²) in [6, 6.07) is 7.33. The van der Waals surface area contributed by atoms with Crippen molar-refractivity contribution in [3.8, 4) is 28.8 Å². The summed E-state index contributed by atoms with van der Waals surface area (Å²) < 4.78 is 16.6. The van der Waals surface area contributed by atoms with Crippen LogP contribution >= 0.6 is 0 Å². The quantitative estimate of drug-likeness (QED) is 0.760. The van der Waals surface area contributed by atoms with Crippen LogP contribution in [0.2, 0.25) is 0 Å². The molecule has 0 radical (unpaired) electrons. The van der Waals surface area contributed by atoms with Crippen molar-refractivity contribution in [2.75, 3.05) is 58.0 Å². The number of methoxy groups -OCH3 is 1. The van der Waals surface area contributed by atoms with Crippen LogP contribution in [-0.4, -0.2) is 61.4 Å². The highest BCUT2D eigenvalue weighted by Gasteiger charge is 2.16. The first-order valence-corrected chi connectivity index (χ1v) is 8.56. The monoisotopic (exact) mass is 370 g/mol. The van der Waals surface area contributed by atoms with Crippen molar-refractivity contribution in [1.82, 2.24) is 14.9 Å². The third-order valence-electron chi connectivity index (χ3n) is 4.27. The Kier molecular flexibility index (Phi) is 5.90. The zero-order valence-corrected chi connectivity index (χ0v) is 15.1. The number of hydrogen-bond donors (Lipinski definition) is 2. The number of nitriles is 1. The van der Waals surface area contributed by atoms with Crippen LogP contribution in [0.15, 0.2) is 18.2 Å². The maximum Gasteiger partial charge on any atom is 0.222 e. The lowest BCUT2D eigenvalue weighted by molar-refractivity contribution is 0.0321. The molecule has 1 aromatic carbocycles. The molecule has 0 atom stereocenters. The van der Waals surface area contributed by atoms with E-state index in [1.807, 2.05) is 6.07 Å². The molecule has 1 saturated heterocycles. The number of nitrogens with zero attached hydrogens (tertiary/aromatic N) is 4. The summed E-state index contributed by atoms with van der Waals surface area (Å²) in [6.07, 6.45) is 0. The van der Waals surface area contributed by atoms with E-state index in [0.717, 1.165) is 32.8 Å². The predicted molar refractivity (Wildman–Crippen MR) is 100 cm³/mol. The fourth-order valence-corrected chi connectivity index (χ4v) is 2.86. The number of benzene rings is 1. The minimum atomic E-state index is 0.00584. The standard InChI is InChI=1S/C18H22N6O3/c1-25-15-10-12(16-13(11-19)17(20)23-18(21)22-16)2-3-14(15)27-9-6-24-4-7-26-8-5-24/h2-3,10H,4-9H2,1H3,(H4,20,21,22,23). The predicted octanol–water partition coefficient (Wildman–Crippen LogP) is 0.899. The number of anilines is 2. The highest BCUT2D eigenvalue weighted by Crippen LogP contribution is 2.34. The molecule has 2 aromatic rings. The second kappa shape index (κ2) is 8.53. The van der Waals surface area contributed by atoms with Gasteiger partial charge >= 0.3 is 0 Å². The molecule has 0 saturated carbocycles. The fraction of sp³-hybridized carbons (Fsp3) is 0.389. The molecule has 3 rings (SSSR count). The Labute approximate surface area is 157 Å². The minimum absolute atomic E-state index is 0.00584. The van der Waals surface area contributed by atoms with Gasteiger partial charge in [0.1, 0.15) is 24.1 Å². The van der Waals surface area contributed by atoms with E-state index in [1.165, 1.54) is 0 Å². The summed E-state index contributed by atoms with van der Waals surface area (Å²) in [4.78, 5) is 10.3. The number of morpholine rings is 1. The van der Waals surface area contributed by atoms with Gasteiger partial charge in [-0.1, -0.05) is 0 Å². The number of aromatic nitrogens is 2. The number of nitrogen functional groups attached to an aromatic ring is 2. The maximum atomic E-state index is 9.35. The molecule has 1 fully saturated rings. The highest BCUT2D eigenvalue weighted by molar-refractivity contribution is 5.74. The number of hydrogen-bond acceptors (Lipinski definition) is 9. The van der Waals surface area contributed by atoms with Crippen LogP contribution in [0.1, 0.15) is 5.56 Å². The second-order valence-electron chi connectivity index (χ2n) is 5.97. The Morgan fingerprint density at radius 2 is 2.00 bits per heavy atom. The van der Waals surface area contributed by atoms with Crippen molar-refractivity contribution in [3.63, 3.8) is 0 Å². The van der Waals surface area contributed by atoms with Crippen LogP contribution in [0.5, 0.6) is 11.5 Å². The zero-order chi connectivity index (χ0) is 19.2. The number of rotatable bonds is 6. The third-order valence-corrected chi connectivity index (χ3v) is 4.27. The van der Waals surface area contributed by atoms with Crippen molar-refractivity contribution >= 4 is 11.8 Å². The van der Waals surface area contributed by atoms with Crippen LogP contribution in [0.3, 0.4) is 0 Å². The molecule has 1 aromatic heterocycles. The highest BCUT2D eigenvalue weighted by atomic mass is 16.5. The number of ether oxygens (including phenoxy) is 3. The van der Waals surface area contributed by atoms with Gasteiger partial charge in [-0.05, 0) is 18.2 Å². The Morgan fingerprint density at radius 3 is 2.70 bits per heavy atom. The molecular weight excluding hydrogens is 348 g/mol. The van der Waals surface area contributed by atoms with Gasteiger partial charge in [-0.25, -0.2) is 4.98 Å². The van der Waals surface area contributed by atoms with Gasteiger partial charge < -0.3 is 25.7 Å². The first kappa shape index (κ1) is 18.7. The van der Waals surface area contributed by atoms with Crippen LogP contribution < -0.4 is 20.9 Å². The van der Waals surface area contributed by atoms with Crippen LogP contribution in [0.4, 0.5) is 11.8 Å². The van der Waals surface area contributed by atoms with E-state index in [-0.39, 0.29) is 17.3 Å². The van der Waals surface area contributed by atoms with Gasteiger partial charge in [0.25, 0.3) is 0 Å². The lowest BCUT2D eigenvalue weighted by Crippen LogP contribution is -2.38. The van der Waals surface area contributed by atoms with Gasteiger partial charge in [0, 0.05) is 25.2 Å². The topological polar surface area (TPSA) is 133 Å². The van der Waals surface area contributed by atoms with Crippen molar-refractivity contribution in [2.45, 2.75) is 0 Å². The summed E-state index contributed by atoms with van der Waals surface area (Å²) in [6.45, 7) is 4.67. The molecule has 1 aliphatic heterocycles. The molecule has 0 spiro atoms. The molecule has 9 nitrogen and oxygen atoms in total. The zero-order valence-electron chi connectivity index (χ0n) is 15.1. The molecule has 142 valence electrons. The van der Waals surface area contributed by atoms with E-state index in [9.17, 15) is 5.26 Å². The molecule has 0 amide bonds. The van der Waals surface area contributed by atoms with Crippen molar-refractivity contribution in [2.24, 2.45) is 0 Å². The summed E-state index contributed by atoms with van der Waals surface area (Å²) in [5.74, 6) is 1.20. The molecule has 0 aliphatic carbocycles. The second-order valence-corrected chi connectivity index (χ2v) is 5.97. The Hall–Kier alpha value is -3.09. The molecule has 0 bridgehead atoms. The normalized spacial score (nSPS) is 14.5. The van der Waals surface area contributed by atoms with Crippen LogP contribution in [-0.2, 0) is 4.74 Å². The molecule has 0 unspecified atom stereocenters. The molecule has 4 N–H and O–H groups in total. The van der Waals surface area contributed by atoms with Gasteiger partial charge in [0.2, 0.25) is 5.95 Å². The van der Waals surface area contributed by atoms with Crippen molar-refractivity contribution in [1.29, 1.82) is 5.26 Å². The van der Waals surface area contributed by atoms with E-state index >= 15 is 0 Å². The maximum absolute atomic E-state index is 9.35. The molecule has 9 heteroatoms. The molecule has 1 aliphatic rings. The minimum Gasteiger partial charge on any atom is -0.493 e. The van der Waals surface area contributed by atoms with Gasteiger partial charge in [-0.2, -0.15) is 10.2 Å². The molecular formula is C18H22N6O3. The van der Waals surface area contributed by atoms with Gasteiger partial charge in [0.15, 0.2) is 11.5 Å². The van der Waals surface area contributed by atoms with Crippen LogP contribution in [0, 0.1) is 11.3 Å². The summed E-state index contributed by atoms with van der Waals surface area (Å²) >= 11 is 0. The lowest BCUT2D eigenvalue weighted by atomic mass is 10.1. The van der Waals surface area contributed by atoms with E-state index in [0.29, 0.717) is 29.4 Å². The number of nitrogens with two attached hydrogens (primary N) is 2. The average Bonchev–Trinajstić information content (AvgIpc) is 2.68. The lowest BCUT2D eigenvalue weighted by Gasteiger charge is -2.26. The van der Waals surface area contributed by atoms with E-state index in [2.05, 4.69) is 14.9 Å². The summed E-state index contributed by atoms with van der Waals surface area (Å²) in [5.41, 5.74) is 12.6. The average molecular weight is 370 g/mol. The summed E-state index contributed by atoms with van der Waals surface area (Å²) in [7, 11) is 1.56. The molecule has 2 heterocycles. The third kappa shape index (κ3) is 4.36. The first-order chi connectivity index (χ1) is 13.1.